The molecule has 1 heterocycles. The lowest BCUT2D eigenvalue weighted by Crippen LogP contribution is -2.26. The van der Waals surface area contributed by atoms with Crippen LogP contribution in [-0.2, 0) is 19.1 Å². The van der Waals surface area contributed by atoms with Gasteiger partial charge < -0.3 is 14.3 Å². The van der Waals surface area contributed by atoms with Gasteiger partial charge in [-0.2, -0.15) is 0 Å². The number of hydrogen-bond acceptors (Lipinski definition) is 4. The summed E-state index contributed by atoms with van der Waals surface area (Å²) in [5, 5.41) is 0. The molecule has 1 aliphatic rings. The van der Waals surface area contributed by atoms with Crippen molar-refractivity contribution in [3.8, 4) is 0 Å². The summed E-state index contributed by atoms with van der Waals surface area (Å²) in [7, 11) is 1.29. The van der Waals surface area contributed by atoms with Gasteiger partial charge in [0.1, 0.15) is 12.2 Å². The lowest BCUT2D eigenvalue weighted by Gasteiger charge is -2.12. The molecular formula is C8H12O4. The Morgan fingerprint density at radius 1 is 1.75 bits per heavy atom. The average molecular weight is 172 g/mol. The van der Waals surface area contributed by atoms with Crippen LogP contribution in [0.2, 0.25) is 0 Å². The third-order valence-corrected chi connectivity index (χ3v) is 2.09. The van der Waals surface area contributed by atoms with E-state index in [1.54, 1.807) is 0 Å². The molecule has 0 radical (unpaired) electrons. The van der Waals surface area contributed by atoms with Gasteiger partial charge >= 0.3 is 5.97 Å². The summed E-state index contributed by atoms with van der Waals surface area (Å²) in [5.74, 6) is -1.09. The van der Waals surface area contributed by atoms with Crippen molar-refractivity contribution in [1.29, 1.82) is 0 Å². The molecule has 0 aromatic rings. The predicted octanol–water partition coefficient (Wildman–Crippen LogP) is 0.0110. The van der Waals surface area contributed by atoms with Crippen molar-refractivity contribution in [1.82, 2.24) is 0 Å². The lowest BCUT2D eigenvalue weighted by molar-refractivity contribution is -0.149. The van der Waals surface area contributed by atoms with Crippen molar-refractivity contribution < 1.29 is 19.1 Å². The van der Waals surface area contributed by atoms with Gasteiger partial charge in [-0.15, -0.1) is 0 Å². The molecule has 0 aliphatic carbocycles. The smallest absolute Gasteiger partial charge is 0.316 e. The standard InChI is InChI=1S/C8H12O4/c1-11-8(10)7(4-9)6-2-3-12-5-6/h4,6-7H,2-3,5H2,1H3. The van der Waals surface area contributed by atoms with E-state index in [0.29, 0.717) is 19.5 Å². The van der Waals surface area contributed by atoms with Gasteiger partial charge in [-0.05, 0) is 6.42 Å². The third kappa shape index (κ3) is 1.82. The Labute approximate surface area is 70.8 Å². The van der Waals surface area contributed by atoms with Gasteiger partial charge in [0.2, 0.25) is 0 Å². The quantitative estimate of drug-likeness (QED) is 0.342. The van der Waals surface area contributed by atoms with E-state index in [1.165, 1.54) is 7.11 Å². The Morgan fingerprint density at radius 2 is 2.50 bits per heavy atom. The second-order valence-corrected chi connectivity index (χ2v) is 2.81. The SMILES string of the molecule is COC(=O)C(C=O)C1CCOC1. The Balaban J connectivity index is 2.54. The Kier molecular flexibility index (Phi) is 3.22. The summed E-state index contributed by atoms with van der Waals surface area (Å²) in [4.78, 5) is 21.6. The highest BCUT2D eigenvalue weighted by atomic mass is 16.5. The molecule has 1 saturated heterocycles. The first kappa shape index (κ1) is 9.19. The van der Waals surface area contributed by atoms with E-state index < -0.39 is 11.9 Å². The van der Waals surface area contributed by atoms with Gasteiger partial charge in [0.25, 0.3) is 0 Å². The predicted molar refractivity (Wildman–Crippen MR) is 40.5 cm³/mol. The van der Waals surface area contributed by atoms with Crippen molar-refractivity contribution in [3.63, 3.8) is 0 Å². The Hall–Kier alpha value is -0.900. The summed E-state index contributed by atoms with van der Waals surface area (Å²) in [6.45, 7) is 1.12. The average Bonchev–Trinajstić information content (AvgIpc) is 2.58. The molecule has 4 nitrogen and oxygen atoms in total. The highest BCUT2D eigenvalue weighted by Gasteiger charge is 2.31. The monoisotopic (exact) mass is 172 g/mol. The fourth-order valence-electron chi connectivity index (χ4n) is 1.33. The van der Waals surface area contributed by atoms with Crippen molar-refractivity contribution in [2.24, 2.45) is 11.8 Å². The Morgan fingerprint density at radius 3 is 2.92 bits per heavy atom. The Bertz CT molecular complexity index is 172. The molecule has 0 aromatic carbocycles. The first-order valence-corrected chi connectivity index (χ1v) is 3.90. The molecule has 1 rings (SSSR count). The van der Waals surface area contributed by atoms with Crippen LogP contribution < -0.4 is 0 Å². The maximum absolute atomic E-state index is 11.0. The molecule has 1 fully saturated rings. The molecule has 0 N–H and O–H groups in total. The number of rotatable bonds is 3. The molecule has 68 valence electrons. The first-order valence-electron chi connectivity index (χ1n) is 3.90. The van der Waals surface area contributed by atoms with E-state index in [9.17, 15) is 9.59 Å². The fraction of sp³-hybridized carbons (Fsp3) is 0.750. The molecule has 2 unspecified atom stereocenters. The number of aldehydes is 1. The lowest BCUT2D eigenvalue weighted by atomic mass is 9.93. The molecule has 0 saturated carbocycles. The molecule has 12 heavy (non-hydrogen) atoms. The van der Waals surface area contributed by atoms with Gasteiger partial charge in [-0.1, -0.05) is 0 Å². The minimum atomic E-state index is -0.641. The normalized spacial score (nSPS) is 24.9. The number of carbonyl (C=O) groups is 2. The number of hydrogen-bond donors (Lipinski definition) is 0. The molecular weight excluding hydrogens is 160 g/mol. The summed E-state index contributed by atoms with van der Waals surface area (Å²) < 4.78 is 9.56. The van der Waals surface area contributed by atoms with Crippen molar-refractivity contribution in [2.45, 2.75) is 6.42 Å². The molecule has 4 heteroatoms. The summed E-state index contributed by atoms with van der Waals surface area (Å²) in [6, 6.07) is 0. The van der Waals surface area contributed by atoms with E-state index in [2.05, 4.69) is 4.74 Å². The van der Waals surface area contributed by atoms with Gasteiger partial charge in [-0.25, -0.2) is 0 Å². The van der Waals surface area contributed by atoms with Crippen LogP contribution in [0.25, 0.3) is 0 Å². The summed E-state index contributed by atoms with van der Waals surface area (Å²) >= 11 is 0. The van der Waals surface area contributed by atoms with Crippen LogP contribution in [0.3, 0.4) is 0 Å². The van der Waals surface area contributed by atoms with Crippen LogP contribution in [0.15, 0.2) is 0 Å². The zero-order valence-corrected chi connectivity index (χ0v) is 6.99. The van der Waals surface area contributed by atoms with Crippen molar-refractivity contribution in [3.05, 3.63) is 0 Å². The van der Waals surface area contributed by atoms with Crippen LogP contribution in [0, 0.1) is 11.8 Å². The van der Waals surface area contributed by atoms with Gasteiger partial charge in [-0.3, -0.25) is 4.79 Å². The van der Waals surface area contributed by atoms with E-state index in [1.807, 2.05) is 0 Å². The molecule has 2 atom stereocenters. The molecule has 0 spiro atoms. The van der Waals surface area contributed by atoms with Gasteiger partial charge in [0.05, 0.1) is 13.7 Å². The van der Waals surface area contributed by atoms with Gasteiger partial charge in [0, 0.05) is 12.5 Å². The van der Waals surface area contributed by atoms with E-state index >= 15 is 0 Å². The zero-order chi connectivity index (χ0) is 8.97. The fourth-order valence-corrected chi connectivity index (χ4v) is 1.33. The third-order valence-electron chi connectivity index (χ3n) is 2.09. The summed E-state index contributed by atoms with van der Waals surface area (Å²) in [6.07, 6.45) is 1.41. The minimum absolute atomic E-state index is 0.00921. The second-order valence-electron chi connectivity index (χ2n) is 2.81. The number of esters is 1. The van der Waals surface area contributed by atoms with Gasteiger partial charge in [0.15, 0.2) is 0 Å². The highest BCUT2D eigenvalue weighted by molar-refractivity contribution is 5.88. The van der Waals surface area contributed by atoms with E-state index in [-0.39, 0.29) is 5.92 Å². The van der Waals surface area contributed by atoms with Crippen LogP contribution >= 0.6 is 0 Å². The zero-order valence-electron chi connectivity index (χ0n) is 6.99. The maximum Gasteiger partial charge on any atom is 0.316 e. The highest BCUT2D eigenvalue weighted by Crippen LogP contribution is 2.21. The largest absolute Gasteiger partial charge is 0.468 e. The van der Waals surface area contributed by atoms with E-state index in [4.69, 9.17) is 4.74 Å². The van der Waals surface area contributed by atoms with Crippen molar-refractivity contribution >= 4 is 12.3 Å². The molecule has 0 amide bonds. The number of carbonyl (C=O) groups excluding carboxylic acids is 2. The number of methoxy groups -OCH3 is 1. The van der Waals surface area contributed by atoms with E-state index in [0.717, 1.165) is 6.42 Å². The van der Waals surface area contributed by atoms with Crippen LogP contribution in [-0.4, -0.2) is 32.6 Å². The maximum atomic E-state index is 11.0. The molecule has 0 aromatic heterocycles. The minimum Gasteiger partial charge on any atom is -0.468 e. The first-order chi connectivity index (χ1) is 5.79. The molecule has 0 bridgehead atoms. The van der Waals surface area contributed by atoms with Crippen LogP contribution in [0.5, 0.6) is 0 Å². The summed E-state index contributed by atoms with van der Waals surface area (Å²) in [5.41, 5.74) is 0. The van der Waals surface area contributed by atoms with Crippen LogP contribution in [0.1, 0.15) is 6.42 Å². The second kappa shape index (κ2) is 4.21. The molecule has 1 aliphatic heterocycles. The van der Waals surface area contributed by atoms with Crippen LogP contribution in [0.4, 0.5) is 0 Å². The number of ether oxygens (including phenoxy) is 2. The topological polar surface area (TPSA) is 52.6 Å². The van der Waals surface area contributed by atoms with Crippen molar-refractivity contribution in [2.75, 3.05) is 20.3 Å².